The second kappa shape index (κ2) is 8.03. The Balaban J connectivity index is 1.59. The van der Waals surface area contributed by atoms with Gasteiger partial charge >= 0.3 is 0 Å². The molecule has 24 heavy (non-hydrogen) atoms. The molecule has 1 aromatic carbocycles. The number of piperidine rings is 1. The van der Waals surface area contributed by atoms with Crippen LogP contribution in [0, 0.1) is 0 Å². The molecule has 0 aliphatic carbocycles. The third-order valence-corrected chi connectivity index (χ3v) is 3.93. The average Bonchev–Trinajstić information content (AvgIpc) is 3.10. The number of carbonyl (C=O) groups excluding carboxylic acids is 1. The van der Waals surface area contributed by atoms with Crippen LogP contribution in [0.5, 0.6) is 0 Å². The van der Waals surface area contributed by atoms with Gasteiger partial charge in [-0.2, -0.15) is 4.98 Å². The van der Waals surface area contributed by atoms with Crippen LogP contribution < -0.4 is 10.6 Å². The first-order valence-electron chi connectivity index (χ1n) is 8.30. The molecule has 1 aromatic heterocycles. The van der Waals surface area contributed by atoms with Crippen LogP contribution in [0.4, 0.5) is 0 Å². The fraction of sp³-hybridized carbons (Fsp3) is 0.471. The van der Waals surface area contributed by atoms with Gasteiger partial charge in [-0.25, -0.2) is 0 Å². The van der Waals surface area contributed by atoms with Crippen LogP contribution in [0.1, 0.15) is 35.9 Å². The van der Waals surface area contributed by atoms with Crippen LogP contribution in [0.25, 0.3) is 11.5 Å². The Labute approximate surface area is 140 Å². The van der Waals surface area contributed by atoms with Gasteiger partial charge in [-0.3, -0.25) is 4.79 Å². The number of amides is 1. The third kappa shape index (κ3) is 4.18. The summed E-state index contributed by atoms with van der Waals surface area (Å²) >= 11 is 0. The molecule has 0 spiro atoms. The van der Waals surface area contributed by atoms with Crippen molar-refractivity contribution in [3.8, 4) is 11.5 Å². The zero-order chi connectivity index (χ0) is 16.8. The summed E-state index contributed by atoms with van der Waals surface area (Å²) in [4.78, 5) is 16.1. The maximum Gasteiger partial charge on any atom is 0.258 e. The predicted octanol–water partition coefficient (Wildman–Crippen LogP) is 1.75. The van der Waals surface area contributed by atoms with E-state index in [1.54, 1.807) is 24.3 Å². The Morgan fingerprint density at radius 3 is 2.79 bits per heavy atom. The van der Waals surface area contributed by atoms with E-state index in [4.69, 9.17) is 9.26 Å². The van der Waals surface area contributed by atoms with Crippen LogP contribution in [0.2, 0.25) is 0 Å². The van der Waals surface area contributed by atoms with Crippen molar-refractivity contribution >= 4 is 5.91 Å². The van der Waals surface area contributed by atoms with Crippen LogP contribution in [0.3, 0.4) is 0 Å². The van der Waals surface area contributed by atoms with E-state index in [9.17, 15) is 4.79 Å². The maximum absolute atomic E-state index is 11.7. The lowest BCUT2D eigenvalue weighted by molar-refractivity contribution is 0.0170. The van der Waals surface area contributed by atoms with Gasteiger partial charge < -0.3 is 19.9 Å². The number of nitrogens with one attached hydrogen (secondary N) is 2. The number of rotatable bonds is 6. The van der Waals surface area contributed by atoms with Gasteiger partial charge in [0.1, 0.15) is 6.61 Å². The van der Waals surface area contributed by atoms with Gasteiger partial charge in [0.2, 0.25) is 0 Å². The first kappa shape index (κ1) is 16.6. The van der Waals surface area contributed by atoms with E-state index in [0.29, 0.717) is 30.4 Å². The minimum Gasteiger partial charge on any atom is -0.370 e. The Kier molecular flexibility index (Phi) is 5.55. The molecule has 128 valence electrons. The van der Waals surface area contributed by atoms with Gasteiger partial charge in [0.25, 0.3) is 11.8 Å². The largest absolute Gasteiger partial charge is 0.370 e. The van der Waals surface area contributed by atoms with Gasteiger partial charge in [-0.1, -0.05) is 5.16 Å². The second-order valence-electron chi connectivity index (χ2n) is 5.71. The van der Waals surface area contributed by atoms with Gasteiger partial charge in [-0.15, -0.1) is 0 Å². The minimum absolute atomic E-state index is 0.0920. The second-order valence-corrected chi connectivity index (χ2v) is 5.71. The topological polar surface area (TPSA) is 89.3 Å². The quantitative estimate of drug-likeness (QED) is 0.839. The zero-order valence-electron chi connectivity index (χ0n) is 13.7. The van der Waals surface area contributed by atoms with E-state index in [1.165, 1.54) is 0 Å². The van der Waals surface area contributed by atoms with E-state index >= 15 is 0 Å². The van der Waals surface area contributed by atoms with Crippen LogP contribution in [-0.4, -0.2) is 41.8 Å². The summed E-state index contributed by atoms with van der Waals surface area (Å²) < 4.78 is 11.1. The summed E-state index contributed by atoms with van der Waals surface area (Å²) in [6.07, 6.45) is 2.27. The Bertz CT molecular complexity index is 663. The van der Waals surface area contributed by atoms with Gasteiger partial charge in [0.05, 0.1) is 6.10 Å². The molecular formula is C17H22N4O3. The van der Waals surface area contributed by atoms with Gasteiger partial charge in [-0.05, 0) is 57.1 Å². The molecule has 0 bridgehead atoms. The summed E-state index contributed by atoms with van der Waals surface area (Å²) in [7, 11) is 0. The molecule has 2 N–H and O–H groups in total. The summed E-state index contributed by atoms with van der Waals surface area (Å²) in [5.41, 5.74) is 1.39. The first-order chi connectivity index (χ1) is 11.8. The van der Waals surface area contributed by atoms with Crippen molar-refractivity contribution in [3.63, 3.8) is 0 Å². The lowest BCUT2D eigenvalue weighted by Crippen LogP contribution is -2.32. The molecular weight excluding hydrogens is 308 g/mol. The number of carbonyl (C=O) groups is 1. The number of nitrogens with zero attached hydrogens (tertiary/aromatic N) is 2. The van der Waals surface area contributed by atoms with Crippen molar-refractivity contribution in [3.05, 3.63) is 35.7 Å². The first-order valence-corrected chi connectivity index (χ1v) is 8.30. The van der Waals surface area contributed by atoms with E-state index in [0.717, 1.165) is 31.5 Å². The molecule has 0 saturated carbocycles. The van der Waals surface area contributed by atoms with Crippen molar-refractivity contribution in [1.29, 1.82) is 0 Å². The average molecular weight is 330 g/mol. The molecule has 1 amide bonds. The number of hydrogen-bond donors (Lipinski definition) is 2. The van der Waals surface area contributed by atoms with Crippen molar-refractivity contribution in [2.24, 2.45) is 0 Å². The van der Waals surface area contributed by atoms with Crippen molar-refractivity contribution in [2.75, 3.05) is 19.6 Å². The lowest BCUT2D eigenvalue weighted by atomic mass is 10.1. The molecule has 2 aromatic rings. The molecule has 1 aliphatic heterocycles. The van der Waals surface area contributed by atoms with Gasteiger partial charge in [0, 0.05) is 17.7 Å². The van der Waals surface area contributed by atoms with E-state index < -0.39 is 0 Å². The Hall–Kier alpha value is -2.25. The molecule has 0 atom stereocenters. The summed E-state index contributed by atoms with van der Waals surface area (Å²) in [6, 6.07) is 7.09. The monoisotopic (exact) mass is 330 g/mol. The number of hydrogen-bond acceptors (Lipinski definition) is 6. The van der Waals surface area contributed by atoms with Crippen LogP contribution in [0.15, 0.2) is 28.8 Å². The van der Waals surface area contributed by atoms with E-state index in [1.807, 2.05) is 6.92 Å². The van der Waals surface area contributed by atoms with Crippen molar-refractivity contribution in [2.45, 2.75) is 32.5 Å². The molecule has 0 radical (unpaired) electrons. The molecule has 1 fully saturated rings. The maximum atomic E-state index is 11.7. The summed E-state index contributed by atoms with van der Waals surface area (Å²) in [5.74, 6) is 0.878. The van der Waals surface area contributed by atoms with E-state index in [2.05, 4.69) is 20.8 Å². The lowest BCUT2D eigenvalue weighted by Gasteiger charge is -2.22. The number of aromatic nitrogens is 2. The Morgan fingerprint density at radius 1 is 1.33 bits per heavy atom. The zero-order valence-corrected chi connectivity index (χ0v) is 13.7. The van der Waals surface area contributed by atoms with Gasteiger partial charge in [0.15, 0.2) is 5.82 Å². The number of ether oxygens (including phenoxy) is 1. The molecule has 7 heteroatoms. The fourth-order valence-corrected chi connectivity index (χ4v) is 2.61. The van der Waals surface area contributed by atoms with Crippen molar-refractivity contribution in [1.82, 2.24) is 20.8 Å². The normalized spacial score (nSPS) is 15.4. The molecule has 3 rings (SSSR count). The highest BCUT2D eigenvalue weighted by molar-refractivity contribution is 5.94. The number of benzene rings is 1. The molecule has 1 saturated heterocycles. The Morgan fingerprint density at radius 2 is 2.08 bits per heavy atom. The predicted molar refractivity (Wildman–Crippen MR) is 88.4 cm³/mol. The highest BCUT2D eigenvalue weighted by Gasteiger charge is 2.15. The smallest absolute Gasteiger partial charge is 0.258 e. The van der Waals surface area contributed by atoms with E-state index in [-0.39, 0.29) is 12.0 Å². The third-order valence-electron chi connectivity index (χ3n) is 3.93. The van der Waals surface area contributed by atoms with Crippen LogP contribution in [-0.2, 0) is 11.3 Å². The standard InChI is InChI=1S/C17H22N4O3/c1-2-19-16(22)12-3-5-13(6-4-12)17-20-15(21-24-17)11-23-14-7-9-18-10-8-14/h3-6,14,18H,2,7-11H2,1H3,(H,19,22). The summed E-state index contributed by atoms with van der Waals surface area (Å²) in [5, 5.41) is 10.0. The minimum atomic E-state index is -0.0920. The SMILES string of the molecule is CCNC(=O)c1ccc(-c2nc(COC3CCNCC3)no2)cc1. The molecule has 2 heterocycles. The van der Waals surface area contributed by atoms with Crippen molar-refractivity contribution < 1.29 is 14.1 Å². The highest BCUT2D eigenvalue weighted by Crippen LogP contribution is 2.18. The molecule has 0 unspecified atom stereocenters. The molecule has 7 nitrogen and oxygen atoms in total. The highest BCUT2D eigenvalue weighted by atomic mass is 16.5. The summed E-state index contributed by atoms with van der Waals surface area (Å²) in [6.45, 7) is 4.81. The fourth-order valence-electron chi connectivity index (χ4n) is 2.61. The van der Waals surface area contributed by atoms with Crippen LogP contribution >= 0.6 is 0 Å². The molecule has 1 aliphatic rings.